The number of hydrogen-bond donors (Lipinski definition) is 0. The van der Waals surface area contributed by atoms with Crippen molar-refractivity contribution in [3.05, 3.63) is 82.6 Å². The van der Waals surface area contributed by atoms with Crippen LogP contribution < -0.4 is 4.74 Å². The monoisotopic (exact) mass is 508 g/mol. The average Bonchev–Trinajstić information content (AvgIpc) is 3.30. The Morgan fingerprint density at radius 1 is 1.05 bits per heavy atom. The van der Waals surface area contributed by atoms with Crippen molar-refractivity contribution in [2.75, 3.05) is 0 Å². The molecule has 38 heavy (non-hydrogen) atoms. The van der Waals surface area contributed by atoms with Gasteiger partial charge in [0.2, 0.25) is 0 Å². The number of imide groups is 1. The summed E-state index contributed by atoms with van der Waals surface area (Å²) in [6.07, 6.45) is 4.25. The summed E-state index contributed by atoms with van der Waals surface area (Å²) in [7, 11) is 0. The van der Waals surface area contributed by atoms with Crippen LogP contribution >= 0.6 is 0 Å². The average molecular weight is 509 g/mol. The molecule has 4 rings (SSSR count). The van der Waals surface area contributed by atoms with Crippen LogP contribution in [0, 0.1) is 18.3 Å². The Kier molecular flexibility index (Phi) is 7.63. The maximum atomic E-state index is 13.6. The Hall–Kier alpha value is -4.44. The third-order valence-electron chi connectivity index (χ3n) is 6.69. The molecule has 0 saturated carbocycles. The van der Waals surface area contributed by atoms with E-state index < -0.39 is 11.8 Å². The van der Waals surface area contributed by atoms with Gasteiger partial charge in [0.15, 0.2) is 0 Å². The highest BCUT2D eigenvalue weighted by molar-refractivity contribution is 6.20. The summed E-state index contributed by atoms with van der Waals surface area (Å²) < 4.78 is 7.64. The molecule has 0 radical (unpaired) electrons. The van der Waals surface area contributed by atoms with Crippen molar-refractivity contribution in [1.82, 2.24) is 14.7 Å². The first kappa shape index (κ1) is 26.6. The molecule has 0 spiro atoms. The lowest BCUT2D eigenvalue weighted by Crippen LogP contribution is -2.47. The van der Waals surface area contributed by atoms with Crippen LogP contribution in [0.1, 0.15) is 52.2 Å². The summed E-state index contributed by atoms with van der Waals surface area (Å²) in [4.78, 5) is 27.8. The third-order valence-corrected chi connectivity index (χ3v) is 6.69. The zero-order valence-corrected chi connectivity index (χ0v) is 22.6. The Morgan fingerprint density at radius 2 is 1.76 bits per heavy atom. The number of nitrogens with zero attached hydrogens (tertiary/aromatic N) is 4. The second-order valence-corrected chi connectivity index (χ2v) is 9.76. The van der Waals surface area contributed by atoms with Gasteiger partial charge in [-0.2, -0.15) is 10.4 Å². The minimum atomic E-state index is -0.543. The predicted octanol–water partition coefficient (Wildman–Crippen LogP) is 6.03. The van der Waals surface area contributed by atoms with Gasteiger partial charge >= 0.3 is 0 Å². The van der Waals surface area contributed by atoms with Gasteiger partial charge in [-0.25, -0.2) is 4.68 Å². The Morgan fingerprint density at radius 3 is 2.37 bits per heavy atom. The predicted molar refractivity (Wildman–Crippen MR) is 147 cm³/mol. The van der Waals surface area contributed by atoms with E-state index in [4.69, 9.17) is 9.84 Å². The summed E-state index contributed by atoms with van der Waals surface area (Å²) in [5.41, 5.74) is 4.78. The fraction of sp³-hybridized carbons (Fsp3) is 0.290. The Bertz CT molecular complexity index is 1490. The number of benzene rings is 2. The van der Waals surface area contributed by atoms with E-state index >= 15 is 0 Å². The molecular weight excluding hydrogens is 476 g/mol. The lowest BCUT2D eigenvalue weighted by molar-refractivity contribution is -0.142. The molecule has 3 aromatic rings. The largest absolute Gasteiger partial charge is 0.491 e. The number of carbonyl (C=O) groups is 2. The molecule has 2 heterocycles. The molecule has 0 saturated heterocycles. The molecule has 0 fully saturated rings. The fourth-order valence-electron chi connectivity index (χ4n) is 4.50. The maximum absolute atomic E-state index is 13.6. The van der Waals surface area contributed by atoms with E-state index in [0.29, 0.717) is 28.8 Å². The number of aryl methyl sites for hydroxylation is 1. The van der Waals surface area contributed by atoms with Crippen molar-refractivity contribution in [3.8, 4) is 28.8 Å². The standard InChI is InChI=1S/C31H32N4O3/c1-7-21(5)35-30(36)27(22(6)28(17-32)31(35)37)16-23-18-34(24-11-9-8-10-12-24)33-29(23)26-14-13-25(15-20(26)4)38-19(2)3/h8-16,18-19,21H,7H2,1-6H3/b27-16+. The number of ether oxygens (including phenoxy) is 1. The molecule has 2 aromatic carbocycles. The van der Waals surface area contributed by atoms with Gasteiger partial charge in [0.1, 0.15) is 23.1 Å². The van der Waals surface area contributed by atoms with E-state index in [0.717, 1.165) is 22.6 Å². The zero-order valence-electron chi connectivity index (χ0n) is 22.6. The van der Waals surface area contributed by atoms with Gasteiger partial charge in [-0.3, -0.25) is 14.5 Å². The molecule has 0 N–H and O–H groups in total. The Balaban J connectivity index is 1.92. The van der Waals surface area contributed by atoms with Gasteiger partial charge in [0, 0.05) is 28.9 Å². The first-order chi connectivity index (χ1) is 18.2. The van der Waals surface area contributed by atoms with Gasteiger partial charge in [0.05, 0.1) is 11.8 Å². The van der Waals surface area contributed by atoms with Crippen LogP contribution in [0.15, 0.2) is 71.4 Å². The van der Waals surface area contributed by atoms with E-state index in [1.807, 2.05) is 95.4 Å². The van der Waals surface area contributed by atoms with Crippen molar-refractivity contribution >= 4 is 17.9 Å². The van der Waals surface area contributed by atoms with Crippen molar-refractivity contribution in [3.63, 3.8) is 0 Å². The second kappa shape index (κ2) is 10.9. The number of amides is 2. The summed E-state index contributed by atoms with van der Waals surface area (Å²) >= 11 is 0. The molecule has 1 unspecified atom stereocenters. The first-order valence-corrected chi connectivity index (χ1v) is 12.8. The molecule has 2 amide bonds. The molecule has 1 aromatic heterocycles. The van der Waals surface area contributed by atoms with E-state index in [-0.39, 0.29) is 17.7 Å². The number of rotatable bonds is 7. The van der Waals surface area contributed by atoms with E-state index in [1.165, 1.54) is 4.90 Å². The fourth-order valence-corrected chi connectivity index (χ4v) is 4.50. The van der Waals surface area contributed by atoms with Crippen LogP contribution in [0.25, 0.3) is 23.0 Å². The van der Waals surface area contributed by atoms with Crippen LogP contribution in [-0.4, -0.2) is 38.6 Å². The van der Waals surface area contributed by atoms with Gasteiger partial charge in [0.25, 0.3) is 11.8 Å². The second-order valence-electron chi connectivity index (χ2n) is 9.76. The number of carbonyl (C=O) groups excluding carboxylic acids is 2. The van der Waals surface area contributed by atoms with Crippen LogP contribution in [-0.2, 0) is 9.59 Å². The molecule has 0 bridgehead atoms. The lowest BCUT2D eigenvalue weighted by Gasteiger charge is -2.31. The van der Waals surface area contributed by atoms with Crippen LogP contribution in [0.5, 0.6) is 5.75 Å². The minimum Gasteiger partial charge on any atom is -0.491 e. The number of para-hydroxylation sites is 1. The SMILES string of the molecule is CCC(C)N1C(=O)C(C#N)=C(C)/C(=C\c2cn(-c3ccccc3)nc2-c2ccc(OC(C)C)cc2C)C1=O. The van der Waals surface area contributed by atoms with Gasteiger partial charge in [-0.15, -0.1) is 0 Å². The minimum absolute atomic E-state index is 0.0143. The molecule has 7 heteroatoms. The summed E-state index contributed by atoms with van der Waals surface area (Å²) in [6.45, 7) is 11.3. The summed E-state index contributed by atoms with van der Waals surface area (Å²) in [5, 5.41) is 14.7. The van der Waals surface area contributed by atoms with E-state index in [9.17, 15) is 14.9 Å². The van der Waals surface area contributed by atoms with Gasteiger partial charge < -0.3 is 4.74 Å². The zero-order chi connectivity index (χ0) is 27.6. The van der Waals surface area contributed by atoms with Crippen molar-refractivity contribution in [2.45, 2.75) is 60.1 Å². The molecule has 7 nitrogen and oxygen atoms in total. The summed E-state index contributed by atoms with van der Waals surface area (Å²) in [5.74, 6) is -0.179. The molecule has 0 aliphatic carbocycles. The third kappa shape index (κ3) is 5.03. The van der Waals surface area contributed by atoms with Crippen molar-refractivity contribution in [2.24, 2.45) is 0 Å². The van der Waals surface area contributed by atoms with Crippen LogP contribution in [0.2, 0.25) is 0 Å². The smallest absolute Gasteiger partial charge is 0.271 e. The molecule has 1 aliphatic heterocycles. The maximum Gasteiger partial charge on any atom is 0.271 e. The topological polar surface area (TPSA) is 88.2 Å². The number of hydrogen-bond acceptors (Lipinski definition) is 5. The van der Waals surface area contributed by atoms with Crippen LogP contribution in [0.4, 0.5) is 0 Å². The van der Waals surface area contributed by atoms with E-state index in [1.54, 1.807) is 17.7 Å². The van der Waals surface area contributed by atoms with Crippen molar-refractivity contribution in [1.29, 1.82) is 5.26 Å². The van der Waals surface area contributed by atoms with Crippen molar-refractivity contribution < 1.29 is 14.3 Å². The summed E-state index contributed by atoms with van der Waals surface area (Å²) in [6, 6.07) is 17.2. The molecule has 1 atom stereocenters. The molecular formula is C31H32N4O3. The van der Waals surface area contributed by atoms with Gasteiger partial charge in [-0.1, -0.05) is 25.1 Å². The highest BCUT2D eigenvalue weighted by Gasteiger charge is 2.38. The van der Waals surface area contributed by atoms with E-state index in [2.05, 4.69) is 0 Å². The molecule has 194 valence electrons. The number of aromatic nitrogens is 2. The van der Waals surface area contributed by atoms with Gasteiger partial charge in [-0.05, 0) is 88.6 Å². The lowest BCUT2D eigenvalue weighted by atomic mass is 9.92. The quantitative estimate of drug-likeness (QED) is 0.287. The highest BCUT2D eigenvalue weighted by Crippen LogP contribution is 2.34. The molecule has 1 aliphatic rings. The Labute approximate surface area is 223 Å². The van der Waals surface area contributed by atoms with Crippen LogP contribution in [0.3, 0.4) is 0 Å². The first-order valence-electron chi connectivity index (χ1n) is 12.8. The highest BCUT2D eigenvalue weighted by atomic mass is 16.5. The normalized spacial score (nSPS) is 15.8. The number of nitriles is 1.